The van der Waals surface area contributed by atoms with E-state index in [1.165, 1.54) is 36.9 Å². The maximum absolute atomic E-state index is 5.57. The minimum absolute atomic E-state index is 0.369. The Labute approximate surface area is 104 Å². The van der Waals surface area contributed by atoms with Crippen LogP contribution in [0.25, 0.3) is 0 Å². The molecule has 1 aliphatic carbocycles. The lowest BCUT2D eigenvalue weighted by Gasteiger charge is -2.31. The highest BCUT2D eigenvalue weighted by atomic mass is 16.5. The van der Waals surface area contributed by atoms with Gasteiger partial charge in [0, 0.05) is 12.8 Å². The third kappa shape index (κ3) is 3.22. The van der Waals surface area contributed by atoms with E-state index in [-0.39, 0.29) is 0 Å². The molecule has 2 nitrogen and oxygen atoms in total. The number of benzene rings is 1. The second-order valence-electron chi connectivity index (χ2n) is 4.86. The molecule has 2 atom stereocenters. The van der Waals surface area contributed by atoms with Gasteiger partial charge >= 0.3 is 0 Å². The molecule has 2 heteroatoms. The fourth-order valence-corrected chi connectivity index (χ4v) is 2.64. The molecule has 0 heterocycles. The number of methoxy groups -OCH3 is 1. The lowest BCUT2D eigenvalue weighted by atomic mass is 9.92. The molecule has 0 spiro atoms. The van der Waals surface area contributed by atoms with Crippen LogP contribution in [-0.4, -0.2) is 19.3 Å². The average molecular weight is 233 g/mol. The second kappa shape index (κ2) is 6.06. The molecular formula is C15H23NO. The van der Waals surface area contributed by atoms with Gasteiger partial charge in [-0.15, -0.1) is 0 Å². The fraction of sp³-hybridized carbons (Fsp3) is 0.600. The van der Waals surface area contributed by atoms with Crippen LogP contribution in [0, 0.1) is 0 Å². The van der Waals surface area contributed by atoms with Gasteiger partial charge in [0.15, 0.2) is 0 Å². The Balaban J connectivity index is 2.02. The van der Waals surface area contributed by atoms with Crippen molar-refractivity contribution >= 4 is 5.69 Å². The first-order chi connectivity index (χ1) is 8.33. The van der Waals surface area contributed by atoms with Crippen molar-refractivity contribution in [1.82, 2.24) is 0 Å². The molecule has 0 radical (unpaired) electrons. The lowest BCUT2D eigenvalue weighted by molar-refractivity contribution is 0.0606. The summed E-state index contributed by atoms with van der Waals surface area (Å²) in [6.45, 7) is 2.19. The zero-order valence-corrected chi connectivity index (χ0v) is 10.9. The maximum atomic E-state index is 5.57. The summed E-state index contributed by atoms with van der Waals surface area (Å²) in [5.74, 6) is 0. The van der Waals surface area contributed by atoms with E-state index in [0.29, 0.717) is 12.1 Å². The summed E-state index contributed by atoms with van der Waals surface area (Å²) in [5.41, 5.74) is 2.62. The van der Waals surface area contributed by atoms with E-state index in [2.05, 4.69) is 36.5 Å². The van der Waals surface area contributed by atoms with Crippen LogP contribution in [0.4, 0.5) is 5.69 Å². The summed E-state index contributed by atoms with van der Waals surface area (Å²) in [4.78, 5) is 0. The molecule has 2 rings (SSSR count). The van der Waals surface area contributed by atoms with Crippen molar-refractivity contribution in [3.8, 4) is 0 Å². The van der Waals surface area contributed by atoms with Crippen LogP contribution in [-0.2, 0) is 11.2 Å². The first-order valence-corrected chi connectivity index (χ1v) is 6.71. The highest BCUT2D eigenvalue weighted by Crippen LogP contribution is 2.24. The highest BCUT2D eigenvalue weighted by Gasteiger charge is 2.24. The van der Waals surface area contributed by atoms with E-state index in [0.717, 1.165) is 6.42 Å². The smallest absolute Gasteiger partial charge is 0.0772 e. The molecule has 0 saturated heterocycles. The molecule has 0 aliphatic heterocycles. The van der Waals surface area contributed by atoms with Crippen LogP contribution < -0.4 is 5.32 Å². The van der Waals surface area contributed by atoms with Gasteiger partial charge in [0.05, 0.1) is 12.1 Å². The summed E-state index contributed by atoms with van der Waals surface area (Å²) in [5, 5.41) is 3.63. The van der Waals surface area contributed by atoms with Crippen LogP contribution >= 0.6 is 0 Å². The fourth-order valence-electron chi connectivity index (χ4n) is 2.64. The van der Waals surface area contributed by atoms with Crippen molar-refractivity contribution < 1.29 is 4.74 Å². The molecule has 1 fully saturated rings. The van der Waals surface area contributed by atoms with Crippen LogP contribution in [0.5, 0.6) is 0 Å². The Bertz CT molecular complexity index is 351. The lowest BCUT2D eigenvalue weighted by Crippen LogP contribution is -2.37. The number of hydrogen-bond donors (Lipinski definition) is 1. The SMILES string of the molecule is CCc1cccc(NC2CCCCC2OC)c1. The van der Waals surface area contributed by atoms with Crippen molar-refractivity contribution in [3.05, 3.63) is 29.8 Å². The predicted molar refractivity (Wildman–Crippen MR) is 72.5 cm³/mol. The van der Waals surface area contributed by atoms with Crippen LogP contribution in [0.15, 0.2) is 24.3 Å². The van der Waals surface area contributed by atoms with E-state index in [4.69, 9.17) is 4.74 Å². The minimum Gasteiger partial charge on any atom is -0.380 e. The van der Waals surface area contributed by atoms with Gasteiger partial charge in [0.1, 0.15) is 0 Å². The molecule has 1 saturated carbocycles. The van der Waals surface area contributed by atoms with Gasteiger partial charge in [0.2, 0.25) is 0 Å². The van der Waals surface area contributed by atoms with Gasteiger partial charge in [-0.3, -0.25) is 0 Å². The summed E-state index contributed by atoms with van der Waals surface area (Å²) >= 11 is 0. The molecule has 17 heavy (non-hydrogen) atoms. The summed E-state index contributed by atoms with van der Waals surface area (Å²) in [7, 11) is 1.83. The zero-order valence-electron chi connectivity index (χ0n) is 10.9. The average Bonchev–Trinajstić information content (AvgIpc) is 2.39. The van der Waals surface area contributed by atoms with Crippen LogP contribution in [0.3, 0.4) is 0 Å². The Morgan fingerprint density at radius 2 is 2.12 bits per heavy atom. The first kappa shape index (κ1) is 12.4. The Morgan fingerprint density at radius 3 is 2.88 bits per heavy atom. The molecule has 1 aromatic carbocycles. The number of aryl methyl sites for hydroxylation is 1. The molecule has 1 aliphatic rings. The summed E-state index contributed by atoms with van der Waals surface area (Å²) in [6, 6.07) is 9.19. The second-order valence-corrected chi connectivity index (χ2v) is 4.86. The van der Waals surface area contributed by atoms with E-state index in [1.54, 1.807) is 0 Å². The molecule has 94 valence electrons. The van der Waals surface area contributed by atoms with Gasteiger partial charge in [-0.25, -0.2) is 0 Å². The van der Waals surface area contributed by atoms with Gasteiger partial charge < -0.3 is 10.1 Å². The van der Waals surface area contributed by atoms with Crippen molar-refractivity contribution in [2.75, 3.05) is 12.4 Å². The number of rotatable bonds is 4. The largest absolute Gasteiger partial charge is 0.380 e. The van der Waals surface area contributed by atoms with Gasteiger partial charge in [-0.1, -0.05) is 31.9 Å². The van der Waals surface area contributed by atoms with Gasteiger partial charge in [-0.05, 0) is 37.0 Å². The summed E-state index contributed by atoms with van der Waals surface area (Å²) in [6.07, 6.45) is 6.47. The third-order valence-electron chi connectivity index (χ3n) is 3.69. The van der Waals surface area contributed by atoms with Crippen molar-refractivity contribution in [2.45, 2.75) is 51.2 Å². The van der Waals surface area contributed by atoms with E-state index in [9.17, 15) is 0 Å². The Morgan fingerprint density at radius 1 is 1.29 bits per heavy atom. The number of hydrogen-bond acceptors (Lipinski definition) is 2. The molecule has 0 aromatic heterocycles. The molecule has 0 bridgehead atoms. The standard InChI is InChI=1S/C15H23NO/c1-3-12-7-6-8-13(11-12)16-14-9-4-5-10-15(14)17-2/h6-8,11,14-16H,3-5,9-10H2,1-2H3. The molecule has 0 amide bonds. The topological polar surface area (TPSA) is 21.3 Å². The number of nitrogens with one attached hydrogen (secondary N) is 1. The van der Waals surface area contributed by atoms with Crippen molar-refractivity contribution in [3.63, 3.8) is 0 Å². The van der Waals surface area contributed by atoms with E-state index in [1.807, 2.05) is 7.11 Å². The highest BCUT2D eigenvalue weighted by molar-refractivity contribution is 5.46. The van der Waals surface area contributed by atoms with Gasteiger partial charge in [0.25, 0.3) is 0 Å². The Kier molecular flexibility index (Phi) is 4.43. The zero-order chi connectivity index (χ0) is 12.1. The normalized spacial score (nSPS) is 24.6. The third-order valence-corrected chi connectivity index (χ3v) is 3.69. The minimum atomic E-state index is 0.369. The van der Waals surface area contributed by atoms with E-state index < -0.39 is 0 Å². The number of ether oxygens (including phenoxy) is 1. The van der Waals surface area contributed by atoms with Gasteiger partial charge in [-0.2, -0.15) is 0 Å². The molecular weight excluding hydrogens is 210 g/mol. The predicted octanol–water partition coefficient (Wildman–Crippen LogP) is 3.62. The van der Waals surface area contributed by atoms with Crippen molar-refractivity contribution in [2.24, 2.45) is 0 Å². The molecule has 2 unspecified atom stereocenters. The van der Waals surface area contributed by atoms with Crippen LogP contribution in [0.1, 0.15) is 38.2 Å². The van der Waals surface area contributed by atoms with E-state index >= 15 is 0 Å². The quantitative estimate of drug-likeness (QED) is 0.857. The molecule has 1 aromatic rings. The monoisotopic (exact) mass is 233 g/mol. The first-order valence-electron chi connectivity index (χ1n) is 6.71. The Hall–Kier alpha value is -1.02. The van der Waals surface area contributed by atoms with Crippen molar-refractivity contribution in [1.29, 1.82) is 0 Å². The number of anilines is 1. The maximum Gasteiger partial charge on any atom is 0.0772 e. The molecule has 1 N–H and O–H groups in total. The van der Waals surface area contributed by atoms with Crippen LogP contribution in [0.2, 0.25) is 0 Å². The summed E-state index contributed by atoms with van der Waals surface area (Å²) < 4.78 is 5.57.